The Morgan fingerprint density at radius 2 is 2.06 bits per heavy atom. The van der Waals surface area contributed by atoms with Crippen molar-refractivity contribution in [3.05, 3.63) is 28.0 Å². The second-order valence-electron chi connectivity index (χ2n) is 3.36. The Morgan fingerprint density at radius 1 is 1.38 bits per heavy atom. The van der Waals surface area contributed by atoms with Gasteiger partial charge in [0.05, 0.1) is 23.8 Å². The smallest absolute Gasteiger partial charge is 0.258 e. The van der Waals surface area contributed by atoms with E-state index in [2.05, 4.69) is 4.98 Å². The first kappa shape index (κ1) is 11.6. The molecule has 0 aromatic carbocycles. The zero-order valence-electron chi connectivity index (χ0n) is 8.45. The highest BCUT2D eigenvalue weighted by Crippen LogP contribution is 2.23. The van der Waals surface area contributed by atoms with Crippen LogP contribution in [0, 0.1) is 0 Å². The van der Waals surface area contributed by atoms with Gasteiger partial charge in [-0.1, -0.05) is 23.2 Å². The molecule has 1 fully saturated rings. The second-order valence-corrected chi connectivity index (χ2v) is 4.13. The lowest BCUT2D eigenvalue weighted by Crippen LogP contribution is -2.41. The topological polar surface area (TPSA) is 42.4 Å². The van der Waals surface area contributed by atoms with Crippen LogP contribution >= 0.6 is 23.2 Å². The molecule has 0 atom stereocenters. The first-order valence-electron chi connectivity index (χ1n) is 4.87. The molecule has 2 heterocycles. The third kappa shape index (κ3) is 2.29. The number of halogens is 2. The van der Waals surface area contributed by atoms with Crippen LogP contribution in [-0.4, -0.2) is 42.1 Å². The van der Waals surface area contributed by atoms with Crippen LogP contribution in [-0.2, 0) is 4.74 Å². The van der Waals surface area contributed by atoms with Gasteiger partial charge in [0.2, 0.25) is 0 Å². The number of carbonyl (C=O) groups is 1. The third-order valence-electron chi connectivity index (χ3n) is 2.37. The lowest BCUT2D eigenvalue weighted by atomic mass is 10.2. The molecular weight excluding hydrogens is 251 g/mol. The van der Waals surface area contributed by atoms with Crippen molar-refractivity contribution in [3.63, 3.8) is 0 Å². The molecule has 4 nitrogen and oxygen atoms in total. The van der Waals surface area contributed by atoms with Crippen molar-refractivity contribution >= 4 is 29.1 Å². The monoisotopic (exact) mass is 260 g/mol. The van der Waals surface area contributed by atoms with Gasteiger partial charge in [0, 0.05) is 19.3 Å². The van der Waals surface area contributed by atoms with Crippen LogP contribution in [0.4, 0.5) is 0 Å². The Bertz CT molecular complexity index is 386. The first-order valence-corrected chi connectivity index (χ1v) is 5.63. The Labute approximate surface area is 103 Å². The van der Waals surface area contributed by atoms with Gasteiger partial charge in [-0.25, -0.2) is 4.98 Å². The molecule has 1 saturated heterocycles. The summed E-state index contributed by atoms with van der Waals surface area (Å²) in [6, 6.07) is 1.56. The van der Waals surface area contributed by atoms with Crippen molar-refractivity contribution in [2.75, 3.05) is 26.3 Å². The molecule has 16 heavy (non-hydrogen) atoms. The van der Waals surface area contributed by atoms with Crippen molar-refractivity contribution in [2.45, 2.75) is 0 Å². The number of rotatable bonds is 1. The first-order chi connectivity index (χ1) is 7.70. The van der Waals surface area contributed by atoms with E-state index in [-0.39, 0.29) is 16.6 Å². The molecule has 0 bridgehead atoms. The van der Waals surface area contributed by atoms with Crippen LogP contribution in [0.3, 0.4) is 0 Å². The van der Waals surface area contributed by atoms with Gasteiger partial charge < -0.3 is 9.64 Å². The number of carbonyl (C=O) groups excluding carboxylic acids is 1. The van der Waals surface area contributed by atoms with E-state index in [1.165, 1.54) is 6.20 Å². The molecule has 0 spiro atoms. The molecule has 1 aromatic heterocycles. The average molecular weight is 261 g/mol. The standard InChI is InChI=1S/C10H10Cl2N2O2/c11-7-1-2-13-9(12)8(7)10(15)14-3-5-16-6-4-14/h1-2H,3-6H2. The van der Waals surface area contributed by atoms with Gasteiger partial charge in [0.25, 0.3) is 5.91 Å². The van der Waals surface area contributed by atoms with Crippen LogP contribution in [0.2, 0.25) is 10.2 Å². The Balaban J connectivity index is 2.26. The molecule has 0 saturated carbocycles. The van der Waals surface area contributed by atoms with Gasteiger partial charge in [0.1, 0.15) is 5.15 Å². The van der Waals surface area contributed by atoms with Gasteiger partial charge in [-0.05, 0) is 6.07 Å². The maximum Gasteiger partial charge on any atom is 0.258 e. The zero-order valence-corrected chi connectivity index (χ0v) is 9.96. The fraction of sp³-hybridized carbons (Fsp3) is 0.400. The van der Waals surface area contributed by atoms with Crippen LogP contribution in [0.5, 0.6) is 0 Å². The van der Waals surface area contributed by atoms with Crippen molar-refractivity contribution in [2.24, 2.45) is 0 Å². The van der Waals surface area contributed by atoms with E-state index in [0.29, 0.717) is 31.3 Å². The molecule has 0 unspecified atom stereocenters. The number of nitrogens with zero attached hydrogens (tertiary/aromatic N) is 2. The van der Waals surface area contributed by atoms with E-state index in [0.717, 1.165) is 0 Å². The number of ether oxygens (including phenoxy) is 1. The molecule has 86 valence electrons. The van der Waals surface area contributed by atoms with Gasteiger partial charge in [0.15, 0.2) is 0 Å². The van der Waals surface area contributed by atoms with Gasteiger partial charge in [-0.2, -0.15) is 0 Å². The summed E-state index contributed by atoms with van der Waals surface area (Å²) in [6.07, 6.45) is 1.47. The van der Waals surface area contributed by atoms with Crippen LogP contribution in [0.1, 0.15) is 10.4 Å². The van der Waals surface area contributed by atoms with Gasteiger partial charge in [-0.3, -0.25) is 4.79 Å². The molecule has 1 aliphatic heterocycles. The summed E-state index contributed by atoms with van der Waals surface area (Å²) in [5.74, 6) is -0.189. The van der Waals surface area contributed by atoms with E-state index >= 15 is 0 Å². The maximum atomic E-state index is 12.1. The summed E-state index contributed by atoms with van der Waals surface area (Å²) in [5, 5.41) is 0.473. The summed E-state index contributed by atoms with van der Waals surface area (Å²) >= 11 is 11.8. The maximum absolute atomic E-state index is 12.1. The quantitative estimate of drug-likeness (QED) is 0.724. The molecule has 0 N–H and O–H groups in total. The number of hydrogen-bond acceptors (Lipinski definition) is 3. The largest absolute Gasteiger partial charge is 0.378 e. The highest BCUT2D eigenvalue weighted by atomic mass is 35.5. The molecule has 1 amide bonds. The molecule has 1 aromatic rings. The minimum absolute atomic E-state index is 0.143. The minimum atomic E-state index is -0.189. The summed E-state index contributed by atoms with van der Waals surface area (Å²) < 4.78 is 5.17. The van der Waals surface area contributed by atoms with Crippen LogP contribution < -0.4 is 0 Å². The number of amides is 1. The summed E-state index contributed by atoms with van der Waals surface area (Å²) in [7, 11) is 0. The Hall–Kier alpha value is -0.840. The zero-order chi connectivity index (χ0) is 11.5. The highest BCUT2D eigenvalue weighted by molar-refractivity contribution is 6.38. The van der Waals surface area contributed by atoms with E-state index in [1.807, 2.05) is 0 Å². The van der Waals surface area contributed by atoms with Crippen molar-refractivity contribution in [1.29, 1.82) is 0 Å². The van der Waals surface area contributed by atoms with E-state index in [1.54, 1.807) is 11.0 Å². The summed E-state index contributed by atoms with van der Waals surface area (Å²) in [5.41, 5.74) is 0.271. The molecule has 0 aliphatic carbocycles. The molecule has 1 aliphatic rings. The average Bonchev–Trinajstić information content (AvgIpc) is 2.30. The highest BCUT2D eigenvalue weighted by Gasteiger charge is 2.23. The third-order valence-corrected chi connectivity index (χ3v) is 2.97. The fourth-order valence-corrected chi connectivity index (χ4v) is 2.04. The van der Waals surface area contributed by atoms with E-state index in [4.69, 9.17) is 27.9 Å². The number of aromatic nitrogens is 1. The fourth-order valence-electron chi connectivity index (χ4n) is 1.53. The second kappa shape index (κ2) is 4.99. The molecule has 2 rings (SSSR count). The normalized spacial score (nSPS) is 16.2. The lowest BCUT2D eigenvalue weighted by molar-refractivity contribution is 0.0303. The minimum Gasteiger partial charge on any atom is -0.378 e. The van der Waals surface area contributed by atoms with Gasteiger partial charge >= 0.3 is 0 Å². The summed E-state index contributed by atoms with van der Waals surface area (Å²) in [4.78, 5) is 17.6. The SMILES string of the molecule is O=C(c1c(Cl)ccnc1Cl)N1CCOCC1. The number of hydrogen-bond donors (Lipinski definition) is 0. The molecular formula is C10H10Cl2N2O2. The van der Waals surface area contributed by atoms with Crippen molar-refractivity contribution in [1.82, 2.24) is 9.88 Å². The van der Waals surface area contributed by atoms with Crippen molar-refractivity contribution in [3.8, 4) is 0 Å². The van der Waals surface area contributed by atoms with E-state index < -0.39 is 0 Å². The van der Waals surface area contributed by atoms with Crippen LogP contribution in [0.15, 0.2) is 12.3 Å². The van der Waals surface area contributed by atoms with Crippen LogP contribution in [0.25, 0.3) is 0 Å². The summed E-state index contributed by atoms with van der Waals surface area (Å²) in [6.45, 7) is 2.20. The lowest BCUT2D eigenvalue weighted by Gasteiger charge is -2.27. The molecule has 6 heteroatoms. The predicted molar refractivity (Wildman–Crippen MR) is 61.0 cm³/mol. The predicted octanol–water partition coefficient (Wildman–Crippen LogP) is 1.86. The Kier molecular flexibility index (Phi) is 3.63. The number of morpholine rings is 1. The van der Waals surface area contributed by atoms with E-state index in [9.17, 15) is 4.79 Å². The van der Waals surface area contributed by atoms with Crippen molar-refractivity contribution < 1.29 is 9.53 Å². The Morgan fingerprint density at radius 3 is 2.69 bits per heavy atom. The van der Waals surface area contributed by atoms with Gasteiger partial charge in [-0.15, -0.1) is 0 Å². The molecule has 0 radical (unpaired) electrons. The number of pyridine rings is 1.